The summed E-state index contributed by atoms with van der Waals surface area (Å²) in [6, 6.07) is 8.54. The van der Waals surface area contributed by atoms with Crippen LogP contribution in [-0.2, 0) is 4.79 Å². The van der Waals surface area contributed by atoms with Gasteiger partial charge in [-0.25, -0.2) is 4.98 Å². The zero-order valence-electron chi connectivity index (χ0n) is 15.0. The third-order valence-corrected chi connectivity index (χ3v) is 5.06. The first-order valence-corrected chi connectivity index (χ1v) is 9.34. The molecular formula is C19H19ClN4O4. The van der Waals surface area contributed by atoms with Crippen molar-refractivity contribution in [2.75, 3.05) is 24.8 Å². The molecule has 1 aromatic carbocycles. The van der Waals surface area contributed by atoms with Crippen molar-refractivity contribution in [1.29, 1.82) is 0 Å². The highest BCUT2D eigenvalue weighted by Gasteiger charge is 2.26. The molecule has 9 heteroatoms. The number of ether oxygens (including phenoxy) is 2. The first-order valence-electron chi connectivity index (χ1n) is 8.96. The second-order valence-corrected chi connectivity index (χ2v) is 7.04. The summed E-state index contributed by atoms with van der Waals surface area (Å²) in [5, 5.41) is 0.594. The zero-order valence-corrected chi connectivity index (χ0v) is 15.7. The van der Waals surface area contributed by atoms with E-state index >= 15 is 0 Å². The smallest absolute Gasteiger partial charge is 0.269 e. The van der Waals surface area contributed by atoms with Gasteiger partial charge in [-0.3, -0.25) is 20.4 Å². The van der Waals surface area contributed by atoms with Crippen molar-refractivity contribution >= 4 is 29.2 Å². The van der Waals surface area contributed by atoms with Crippen LogP contribution in [-0.4, -0.2) is 36.7 Å². The summed E-state index contributed by atoms with van der Waals surface area (Å²) >= 11 is 5.87. The molecule has 3 heterocycles. The molecular weight excluding hydrogens is 384 g/mol. The highest BCUT2D eigenvalue weighted by Crippen LogP contribution is 2.32. The van der Waals surface area contributed by atoms with E-state index in [1.54, 1.807) is 30.5 Å². The van der Waals surface area contributed by atoms with Crippen molar-refractivity contribution in [2.24, 2.45) is 5.92 Å². The van der Waals surface area contributed by atoms with Gasteiger partial charge in [-0.05, 0) is 43.2 Å². The predicted molar refractivity (Wildman–Crippen MR) is 102 cm³/mol. The van der Waals surface area contributed by atoms with Crippen LogP contribution in [0.25, 0.3) is 0 Å². The summed E-state index contributed by atoms with van der Waals surface area (Å²) < 4.78 is 10.5. The van der Waals surface area contributed by atoms with Crippen LogP contribution in [0.1, 0.15) is 23.2 Å². The molecule has 2 aromatic rings. The predicted octanol–water partition coefficient (Wildman–Crippen LogP) is 2.14. The molecule has 0 spiro atoms. The summed E-state index contributed by atoms with van der Waals surface area (Å²) in [5.41, 5.74) is 5.36. The number of aromatic nitrogens is 1. The number of hydrogen-bond acceptors (Lipinski definition) is 6. The van der Waals surface area contributed by atoms with Crippen molar-refractivity contribution in [3.63, 3.8) is 0 Å². The van der Waals surface area contributed by atoms with E-state index in [4.69, 9.17) is 21.1 Å². The molecule has 0 atom stereocenters. The Kier molecular flexibility index (Phi) is 5.21. The molecule has 1 saturated heterocycles. The lowest BCUT2D eigenvalue weighted by molar-refractivity contribution is -0.126. The molecule has 0 radical (unpaired) electrons. The Balaban J connectivity index is 1.26. The number of pyridine rings is 1. The van der Waals surface area contributed by atoms with Crippen molar-refractivity contribution in [1.82, 2.24) is 15.8 Å². The van der Waals surface area contributed by atoms with Crippen LogP contribution >= 0.6 is 11.6 Å². The van der Waals surface area contributed by atoms with Gasteiger partial charge in [0.15, 0.2) is 11.5 Å². The minimum atomic E-state index is -0.408. The highest BCUT2D eigenvalue weighted by atomic mass is 35.5. The Morgan fingerprint density at radius 3 is 2.61 bits per heavy atom. The normalized spacial score (nSPS) is 16.0. The van der Waals surface area contributed by atoms with Crippen LogP contribution in [0.5, 0.6) is 11.5 Å². The summed E-state index contributed by atoms with van der Waals surface area (Å²) in [4.78, 5) is 31.1. The van der Waals surface area contributed by atoms with Crippen LogP contribution < -0.4 is 25.2 Å². The van der Waals surface area contributed by atoms with Crippen LogP contribution in [0, 0.1) is 5.92 Å². The van der Waals surface area contributed by atoms with E-state index in [-0.39, 0.29) is 18.6 Å². The van der Waals surface area contributed by atoms with Crippen LogP contribution in [0.2, 0.25) is 5.02 Å². The van der Waals surface area contributed by atoms with Gasteiger partial charge in [0.25, 0.3) is 5.91 Å². The molecule has 4 rings (SSSR count). The van der Waals surface area contributed by atoms with Gasteiger partial charge >= 0.3 is 0 Å². The standard InChI is InChI=1S/C19H19ClN4O4/c20-14-2-4-17(21-10-14)24-7-5-12(6-8-24)18(25)22-23-19(26)13-1-3-15-16(9-13)28-11-27-15/h1-4,9-10,12H,5-8,11H2,(H,22,25)(H,23,26). The molecule has 28 heavy (non-hydrogen) atoms. The maximum absolute atomic E-state index is 12.4. The van der Waals surface area contributed by atoms with E-state index in [9.17, 15) is 9.59 Å². The number of hydrogen-bond donors (Lipinski definition) is 2. The number of carbonyl (C=O) groups excluding carboxylic acids is 2. The molecule has 0 unspecified atom stereocenters. The molecule has 0 saturated carbocycles. The third-order valence-electron chi connectivity index (χ3n) is 4.84. The molecule has 1 aromatic heterocycles. The fourth-order valence-corrected chi connectivity index (χ4v) is 3.37. The highest BCUT2D eigenvalue weighted by molar-refractivity contribution is 6.30. The van der Waals surface area contributed by atoms with Crippen LogP contribution in [0.3, 0.4) is 0 Å². The molecule has 2 aliphatic rings. The van der Waals surface area contributed by atoms with Gasteiger partial charge in [-0.1, -0.05) is 11.6 Å². The Hall–Kier alpha value is -3.00. The summed E-state index contributed by atoms with van der Waals surface area (Å²) in [6.07, 6.45) is 2.97. The average molecular weight is 403 g/mol. The molecule has 2 aliphatic heterocycles. The van der Waals surface area contributed by atoms with Gasteiger partial charge in [0.05, 0.1) is 5.02 Å². The van der Waals surface area contributed by atoms with E-state index in [1.165, 1.54) is 0 Å². The number of rotatable bonds is 3. The number of fused-ring (bicyclic) bond motifs is 1. The van der Waals surface area contributed by atoms with E-state index < -0.39 is 5.91 Å². The van der Waals surface area contributed by atoms with Crippen LogP contribution in [0.15, 0.2) is 36.5 Å². The number of halogens is 1. The number of nitrogens with one attached hydrogen (secondary N) is 2. The average Bonchev–Trinajstić information content (AvgIpc) is 3.20. The second-order valence-electron chi connectivity index (χ2n) is 6.61. The number of hydrazine groups is 1. The largest absolute Gasteiger partial charge is 0.454 e. The summed E-state index contributed by atoms with van der Waals surface area (Å²) in [7, 11) is 0. The molecule has 0 aliphatic carbocycles. The fourth-order valence-electron chi connectivity index (χ4n) is 3.26. The topological polar surface area (TPSA) is 92.8 Å². The zero-order chi connectivity index (χ0) is 19.5. The van der Waals surface area contributed by atoms with Gasteiger partial charge in [0, 0.05) is 30.8 Å². The number of benzene rings is 1. The monoisotopic (exact) mass is 402 g/mol. The van der Waals surface area contributed by atoms with E-state index in [0.717, 1.165) is 5.82 Å². The van der Waals surface area contributed by atoms with Gasteiger partial charge in [0.2, 0.25) is 12.7 Å². The van der Waals surface area contributed by atoms with Crippen LogP contribution in [0.4, 0.5) is 5.82 Å². The molecule has 8 nitrogen and oxygen atoms in total. The Labute approximate surface area is 166 Å². The Morgan fingerprint density at radius 2 is 1.86 bits per heavy atom. The van der Waals surface area contributed by atoms with Gasteiger partial charge in [-0.15, -0.1) is 0 Å². The molecule has 2 N–H and O–H groups in total. The molecule has 1 fully saturated rings. The maximum Gasteiger partial charge on any atom is 0.269 e. The lowest BCUT2D eigenvalue weighted by atomic mass is 9.96. The first-order chi connectivity index (χ1) is 13.6. The summed E-state index contributed by atoms with van der Waals surface area (Å²) in [6.45, 7) is 1.56. The van der Waals surface area contributed by atoms with Gasteiger partial charge < -0.3 is 14.4 Å². The van der Waals surface area contributed by atoms with Crippen molar-refractivity contribution in [3.8, 4) is 11.5 Å². The summed E-state index contributed by atoms with van der Waals surface area (Å²) in [5.74, 6) is 1.19. The minimum Gasteiger partial charge on any atom is -0.454 e. The maximum atomic E-state index is 12.4. The van der Waals surface area contributed by atoms with E-state index in [2.05, 4.69) is 20.7 Å². The number of piperidine rings is 1. The van der Waals surface area contributed by atoms with E-state index in [1.807, 2.05) is 6.07 Å². The van der Waals surface area contributed by atoms with Crippen molar-refractivity contribution < 1.29 is 19.1 Å². The molecule has 0 bridgehead atoms. The Bertz CT molecular complexity index is 882. The minimum absolute atomic E-state index is 0.140. The number of amides is 2. The van der Waals surface area contributed by atoms with Gasteiger partial charge in [-0.2, -0.15) is 0 Å². The fraction of sp³-hybridized carbons (Fsp3) is 0.316. The third kappa shape index (κ3) is 3.96. The molecule has 146 valence electrons. The number of nitrogens with zero attached hydrogens (tertiary/aromatic N) is 2. The molecule has 2 amide bonds. The first kappa shape index (κ1) is 18.4. The quantitative estimate of drug-likeness (QED) is 0.764. The van der Waals surface area contributed by atoms with E-state index in [0.29, 0.717) is 48.0 Å². The number of anilines is 1. The second kappa shape index (κ2) is 7.93. The van der Waals surface area contributed by atoms with Crippen molar-refractivity contribution in [3.05, 3.63) is 47.1 Å². The lowest BCUT2D eigenvalue weighted by Crippen LogP contribution is -2.47. The van der Waals surface area contributed by atoms with Gasteiger partial charge in [0.1, 0.15) is 5.82 Å². The number of carbonyl (C=O) groups is 2. The van der Waals surface area contributed by atoms with Crippen molar-refractivity contribution in [2.45, 2.75) is 12.8 Å². The Morgan fingerprint density at radius 1 is 1.07 bits per heavy atom. The lowest BCUT2D eigenvalue weighted by Gasteiger charge is -2.32. The SMILES string of the molecule is O=C(NNC(=O)C1CCN(c2ccc(Cl)cn2)CC1)c1ccc2c(c1)OCO2.